The van der Waals surface area contributed by atoms with Crippen molar-refractivity contribution >= 4 is 44.8 Å². The first-order valence-electron chi connectivity index (χ1n) is 8.51. The van der Waals surface area contributed by atoms with Crippen LogP contribution in [0.1, 0.15) is 43.6 Å². The van der Waals surface area contributed by atoms with E-state index in [4.69, 9.17) is 0 Å². The summed E-state index contributed by atoms with van der Waals surface area (Å²) in [5.74, 6) is 0.0469. The minimum Gasteiger partial charge on any atom is -0.293 e. The molecule has 140 valence electrons. The zero-order valence-electron chi connectivity index (χ0n) is 15.6. The lowest BCUT2D eigenvalue weighted by Crippen LogP contribution is -2.15. The van der Waals surface area contributed by atoms with Gasteiger partial charge in [0.05, 0.1) is 20.4 Å². The summed E-state index contributed by atoms with van der Waals surface area (Å²) in [6.45, 7) is 8.28. The largest absolute Gasteiger partial charge is 0.293 e. The number of nitro benzene ring substituents is 1. The Morgan fingerprint density at radius 1 is 1.19 bits per heavy atom. The number of ketones is 1. The van der Waals surface area contributed by atoms with Crippen molar-refractivity contribution in [2.75, 3.05) is 0 Å². The zero-order valence-corrected chi connectivity index (χ0v) is 17.2. The van der Waals surface area contributed by atoms with Gasteiger partial charge >= 0.3 is 0 Å². The van der Waals surface area contributed by atoms with E-state index in [1.165, 1.54) is 40.8 Å². The maximum absolute atomic E-state index is 12.7. The Bertz CT molecular complexity index is 1000. The highest BCUT2D eigenvalue weighted by Gasteiger charge is 2.20. The van der Waals surface area contributed by atoms with E-state index in [1.54, 1.807) is 6.07 Å². The molecule has 0 aliphatic heterocycles. The highest BCUT2D eigenvalue weighted by molar-refractivity contribution is 8.02. The molecule has 1 aromatic heterocycles. The van der Waals surface area contributed by atoms with Gasteiger partial charge in [-0.2, -0.15) is 0 Å². The summed E-state index contributed by atoms with van der Waals surface area (Å²) in [5, 5.41) is 10.6. The number of rotatable bonds is 5. The average Bonchev–Trinajstić information content (AvgIpc) is 3.01. The Morgan fingerprint density at radius 2 is 1.85 bits per heavy atom. The molecule has 0 N–H and O–H groups in total. The van der Waals surface area contributed by atoms with Crippen molar-refractivity contribution in [3.63, 3.8) is 0 Å². The smallest absolute Gasteiger partial charge is 0.270 e. The van der Waals surface area contributed by atoms with E-state index in [0.717, 1.165) is 9.04 Å². The molecule has 0 unspecified atom stereocenters. The van der Waals surface area contributed by atoms with Gasteiger partial charge in [-0.3, -0.25) is 14.9 Å². The average molecular weight is 401 g/mol. The second-order valence-electron chi connectivity index (χ2n) is 7.34. The lowest BCUT2D eigenvalue weighted by atomic mass is 9.86. The standard InChI is InChI=1S/C20H20N2O3S2/c1-12(18(23)13-5-7-14(8-6-13)20(2,3)4)26-19-21-16-10-9-15(22(24)25)11-17(16)27-19/h5-12H,1-4H3/t12-/m0/s1. The number of nitro groups is 1. The number of hydrogen-bond donors (Lipinski definition) is 0. The van der Waals surface area contributed by atoms with Crippen LogP contribution in [0.4, 0.5) is 5.69 Å². The summed E-state index contributed by atoms with van der Waals surface area (Å²) < 4.78 is 1.48. The monoisotopic (exact) mass is 400 g/mol. The number of Topliss-reactive ketones (excluding diaryl/α,β-unsaturated/α-hetero) is 1. The zero-order chi connectivity index (χ0) is 19.8. The van der Waals surface area contributed by atoms with Crippen LogP contribution in [0.15, 0.2) is 46.8 Å². The number of non-ortho nitro benzene ring substituents is 1. The fourth-order valence-corrected chi connectivity index (χ4v) is 4.95. The fraction of sp³-hybridized carbons (Fsp3) is 0.300. The van der Waals surface area contributed by atoms with Gasteiger partial charge < -0.3 is 0 Å². The van der Waals surface area contributed by atoms with Crippen molar-refractivity contribution < 1.29 is 9.72 Å². The number of benzene rings is 2. The van der Waals surface area contributed by atoms with Crippen LogP contribution in [0, 0.1) is 10.1 Å². The molecule has 0 spiro atoms. The number of aromatic nitrogens is 1. The van der Waals surface area contributed by atoms with Gasteiger partial charge in [-0.25, -0.2) is 4.98 Å². The van der Waals surface area contributed by atoms with Crippen LogP contribution in [0.3, 0.4) is 0 Å². The Morgan fingerprint density at radius 3 is 2.44 bits per heavy atom. The van der Waals surface area contributed by atoms with Crippen LogP contribution >= 0.6 is 23.1 Å². The third-order valence-corrected chi connectivity index (χ3v) is 6.46. The van der Waals surface area contributed by atoms with Gasteiger partial charge in [-0.15, -0.1) is 11.3 Å². The molecule has 0 aliphatic rings. The van der Waals surface area contributed by atoms with Crippen molar-refractivity contribution in [1.29, 1.82) is 0 Å². The molecule has 1 heterocycles. The molecule has 0 amide bonds. The lowest BCUT2D eigenvalue weighted by molar-refractivity contribution is -0.384. The topological polar surface area (TPSA) is 73.1 Å². The highest BCUT2D eigenvalue weighted by atomic mass is 32.2. The van der Waals surface area contributed by atoms with E-state index in [-0.39, 0.29) is 22.1 Å². The molecule has 0 saturated carbocycles. The first-order chi connectivity index (χ1) is 12.6. The van der Waals surface area contributed by atoms with Crippen LogP contribution in [-0.4, -0.2) is 20.9 Å². The second kappa shape index (κ2) is 7.40. The first-order valence-corrected chi connectivity index (χ1v) is 10.2. The predicted molar refractivity (Wildman–Crippen MR) is 111 cm³/mol. The molecule has 0 radical (unpaired) electrons. The number of thiazole rings is 1. The molecule has 3 rings (SSSR count). The minimum absolute atomic E-state index is 0.0469. The van der Waals surface area contributed by atoms with E-state index in [1.807, 2.05) is 31.2 Å². The molecule has 0 bridgehead atoms. The molecule has 1 atom stereocenters. The maximum atomic E-state index is 12.7. The summed E-state index contributed by atoms with van der Waals surface area (Å²) in [5.41, 5.74) is 2.67. The van der Waals surface area contributed by atoms with Crippen LogP contribution in [0.5, 0.6) is 0 Å². The Balaban J connectivity index is 1.76. The van der Waals surface area contributed by atoms with Crippen LogP contribution in [0.2, 0.25) is 0 Å². The summed E-state index contributed by atoms with van der Waals surface area (Å²) in [6.07, 6.45) is 0. The van der Waals surface area contributed by atoms with Crippen molar-refractivity contribution in [3.8, 4) is 0 Å². The third-order valence-electron chi connectivity index (χ3n) is 4.25. The van der Waals surface area contributed by atoms with Crippen LogP contribution in [0.25, 0.3) is 10.2 Å². The number of hydrogen-bond acceptors (Lipinski definition) is 6. The molecular formula is C20H20N2O3S2. The number of carbonyl (C=O) groups excluding carboxylic acids is 1. The van der Waals surface area contributed by atoms with Crippen LogP contribution in [-0.2, 0) is 5.41 Å². The molecule has 0 fully saturated rings. The second-order valence-corrected chi connectivity index (χ2v) is 9.96. The molecule has 2 aromatic carbocycles. The van der Waals surface area contributed by atoms with Gasteiger partial charge in [0.15, 0.2) is 10.1 Å². The summed E-state index contributed by atoms with van der Waals surface area (Å²) in [7, 11) is 0. The Labute approximate surface area is 166 Å². The number of thioether (sulfide) groups is 1. The van der Waals surface area contributed by atoms with Gasteiger partial charge in [0.2, 0.25) is 0 Å². The SMILES string of the molecule is C[C@H](Sc1nc2ccc([N+](=O)[O-])cc2s1)C(=O)c1ccc(C(C)(C)C)cc1. The van der Waals surface area contributed by atoms with Gasteiger partial charge in [-0.1, -0.05) is 56.8 Å². The van der Waals surface area contributed by atoms with Gasteiger partial charge in [-0.05, 0) is 24.0 Å². The highest BCUT2D eigenvalue weighted by Crippen LogP contribution is 2.34. The van der Waals surface area contributed by atoms with Crippen molar-refractivity contribution in [2.24, 2.45) is 0 Å². The van der Waals surface area contributed by atoms with Crippen molar-refractivity contribution in [1.82, 2.24) is 4.98 Å². The summed E-state index contributed by atoms with van der Waals surface area (Å²) in [4.78, 5) is 27.7. The van der Waals surface area contributed by atoms with Crippen molar-refractivity contribution in [3.05, 3.63) is 63.7 Å². The Hall–Kier alpha value is -2.25. The Kier molecular flexibility index (Phi) is 5.35. The van der Waals surface area contributed by atoms with E-state index in [0.29, 0.717) is 11.1 Å². The van der Waals surface area contributed by atoms with E-state index < -0.39 is 4.92 Å². The molecule has 7 heteroatoms. The van der Waals surface area contributed by atoms with E-state index >= 15 is 0 Å². The number of fused-ring (bicyclic) bond motifs is 1. The fourth-order valence-electron chi connectivity index (χ4n) is 2.63. The molecule has 3 aromatic rings. The van der Waals surface area contributed by atoms with Crippen molar-refractivity contribution in [2.45, 2.75) is 42.7 Å². The lowest BCUT2D eigenvalue weighted by Gasteiger charge is -2.19. The molecule has 0 aliphatic carbocycles. The summed E-state index contributed by atoms with van der Waals surface area (Å²) in [6, 6.07) is 12.4. The van der Waals surface area contributed by atoms with E-state index in [9.17, 15) is 14.9 Å². The predicted octanol–water partition coefficient (Wildman–Crippen LogP) is 5.87. The normalized spacial score (nSPS) is 12.9. The number of carbonyl (C=O) groups is 1. The quantitative estimate of drug-likeness (QED) is 0.232. The van der Waals surface area contributed by atoms with Gasteiger partial charge in [0.1, 0.15) is 0 Å². The first kappa shape index (κ1) is 19.5. The van der Waals surface area contributed by atoms with Gasteiger partial charge in [0.25, 0.3) is 5.69 Å². The number of nitrogens with zero attached hydrogens (tertiary/aromatic N) is 2. The summed E-state index contributed by atoms with van der Waals surface area (Å²) >= 11 is 2.76. The third kappa shape index (κ3) is 4.36. The van der Waals surface area contributed by atoms with Crippen LogP contribution < -0.4 is 0 Å². The molecule has 5 nitrogen and oxygen atoms in total. The maximum Gasteiger partial charge on any atom is 0.270 e. The minimum atomic E-state index is -0.417. The molecule has 27 heavy (non-hydrogen) atoms. The molecular weight excluding hydrogens is 380 g/mol. The van der Waals surface area contributed by atoms with E-state index in [2.05, 4.69) is 25.8 Å². The molecule has 0 saturated heterocycles. The van der Waals surface area contributed by atoms with Gasteiger partial charge in [0, 0.05) is 17.7 Å².